The van der Waals surface area contributed by atoms with Crippen LogP contribution in [-0.2, 0) is 0 Å². The van der Waals surface area contributed by atoms with Gasteiger partial charge in [0.2, 0.25) is 0 Å². The summed E-state index contributed by atoms with van der Waals surface area (Å²) >= 11 is 0. The Morgan fingerprint density at radius 2 is 1.96 bits per heavy atom. The van der Waals surface area contributed by atoms with E-state index in [-0.39, 0.29) is 12.3 Å². The van der Waals surface area contributed by atoms with Crippen LogP contribution in [0.3, 0.4) is 0 Å². The molecule has 0 spiro atoms. The Morgan fingerprint density at radius 3 is 2.50 bits per heavy atom. The second-order valence-corrected chi connectivity index (χ2v) is 5.32. The first-order valence-electron chi connectivity index (χ1n) is 7.37. The number of hydrogen-bond acceptors (Lipinski definition) is 5. The van der Waals surface area contributed by atoms with Gasteiger partial charge < -0.3 is 25.8 Å². The molecule has 1 aromatic rings. The van der Waals surface area contributed by atoms with Gasteiger partial charge in [-0.15, -0.1) is 13.2 Å². The van der Waals surface area contributed by atoms with Gasteiger partial charge in [-0.05, 0) is 18.2 Å². The van der Waals surface area contributed by atoms with E-state index < -0.39 is 18.1 Å². The van der Waals surface area contributed by atoms with Crippen molar-refractivity contribution < 1.29 is 23.0 Å². The number of nitrogens with one attached hydrogen (secondary N) is 2. The highest BCUT2D eigenvalue weighted by Crippen LogP contribution is 2.34. The van der Waals surface area contributed by atoms with E-state index in [4.69, 9.17) is 16.2 Å². The maximum Gasteiger partial charge on any atom is 0.573 e. The molecule has 2 rings (SSSR count). The van der Waals surface area contributed by atoms with Crippen molar-refractivity contribution in [1.82, 2.24) is 4.90 Å². The minimum atomic E-state index is -4.83. The molecular weight excluding hydrogens is 327 g/mol. The van der Waals surface area contributed by atoms with Crippen molar-refractivity contribution in [3.63, 3.8) is 0 Å². The van der Waals surface area contributed by atoms with E-state index >= 15 is 0 Å². The molecule has 1 fully saturated rings. The van der Waals surface area contributed by atoms with Crippen LogP contribution in [-0.4, -0.2) is 61.7 Å². The number of piperazine rings is 1. The van der Waals surface area contributed by atoms with Crippen molar-refractivity contribution in [2.75, 3.05) is 49.5 Å². The SMILES string of the molecule is N=C(N)Nc1cc(N2CCN(CCO)CC2)ccc1OC(F)(F)F. The standard InChI is InChI=1S/C14H20F3N5O2/c15-14(16,17)24-12-2-1-10(9-11(12)20-13(18)19)22-5-3-21(4-6-22)7-8-23/h1-2,9,23H,3-8H2,(H4,18,19,20). The van der Waals surface area contributed by atoms with Gasteiger partial charge in [0.15, 0.2) is 11.7 Å². The summed E-state index contributed by atoms with van der Waals surface area (Å²) < 4.78 is 41.3. The van der Waals surface area contributed by atoms with Crippen LogP contribution >= 0.6 is 0 Å². The Bertz CT molecular complexity index is 574. The van der Waals surface area contributed by atoms with Gasteiger partial charge in [-0.25, -0.2) is 0 Å². The Labute approximate surface area is 137 Å². The van der Waals surface area contributed by atoms with Gasteiger partial charge >= 0.3 is 6.36 Å². The lowest BCUT2D eigenvalue weighted by atomic mass is 10.2. The van der Waals surface area contributed by atoms with Crippen molar-refractivity contribution in [3.8, 4) is 5.75 Å². The van der Waals surface area contributed by atoms with Crippen LogP contribution in [0.5, 0.6) is 5.75 Å². The van der Waals surface area contributed by atoms with Gasteiger partial charge in [0.25, 0.3) is 0 Å². The number of nitrogens with two attached hydrogens (primary N) is 1. The van der Waals surface area contributed by atoms with E-state index in [9.17, 15) is 13.2 Å². The average Bonchev–Trinajstić information content (AvgIpc) is 2.48. The van der Waals surface area contributed by atoms with Crippen LogP contribution in [0.1, 0.15) is 0 Å². The highest BCUT2D eigenvalue weighted by molar-refractivity contribution is 5.92. The Hall–Kier alpha value is -2.20. The first-order chi connectivity index (χ1) is 11.3. The topological polar surface area (TPSA) is 97.8 Å². The van der Waals surface area contributed by atoms with Gasteiger partial charge in [0.1, 0.15) is 0 Å². The monoisotopic (exact) mass is 347 g/mol. The molecule has 0 saturated carbocycles. The lowest BCUT2D eigenvalue weighted by Gasteiger charge is -2.36. The lowest BCUT2D eigenvalue weighted by Crippen LogP contribution is -2.47. The number of hydrogen-bond donors (Lipinski definition) is 4. The molecule has 1 aromatic carbocycles. The van der Waals surface area contributed by atoms with E-state index in [1.807, 2.05) is 4.90 Å². The van der Waals surface area contributed by atoms with E-state index in [1.165, 1.54) is 18.2 Å². The van der Waals surface area contributed by atoms with E-state index in [0.29, 0.717) is 25.3 Å². The molecule has 7 nitrogen and oxygen atoms in total. The van der Waals surface area contributed by atoms with Gasteiger partial charge in [-0.2, -0.15) is 0 Å². The number of alkyl halides is 3. The smallest absolute Gasteiger partial charge is 0.404 e. The quantitative estimate of drug-likeness (QED) is 0.469. The number of nitrogens with zero attached hydrogens (tertiary/aromatic N) is 2. The summed E-state index contributed by atoms with van der Waals surface area (Å²) in [4.78, 5) is 4.11. The zero-order valence-corrected chi connectivity index (χ0v) is 12.9. The summed E-state index contributed by atoms with van der Waals surface area (Å²) in [6.45, 7) is 3.55. The highest BCUT2D eigenvalue weighted by Gasteiger charge is 2.32. The van der Waals surface area contributed by atoms with Crippen LogP contribution in [0.2, 0.25) is 0 Å². The molecule has 10 heteroatoms. The maximum absolute atomic E-state index is 12.5. The largest absolute Gasteiger partial charge is 0.573 e. The zero-order chi connectivity index (χ0) is 17.7. The van der Waals surface area contributed by atoms with Crippen molar-refractivity contribution in [3.05, 3.63) is 18.2 Å². The second kappa shape index (κ2) is 7.58. The molecule has 0 bridgehead atoms. The number of ether oxygens (including phenoxy) is 1. The number of guanidine groups is 1. The third-order valence-electron chi connectivity index (χ3n) is 3.61. The highest BCUT2D eigenvalue weighted by atomic mass is 19.4. The predicted octanol–water partition coefficient (Wildman–Crippen LogP) is 1.00. The third-order valence-corrected chi connectivity index (χ3v) is 3.61. The molecule has 0 aliphatic carbocycles. The van der Waals surface area contributed by atoms with Crippen LogP contribution in [0.4, 0.5) is 24.5 Å². The first kappa shape index (κ1) is 18.1. The molecule has 0 aromatic heterocycles. The van der Waals surface area contributed by atoms with Gasteiger partial charge in [0, 0.05) is 38.4 Å². The summed E-state index contributed by atoms with van der Waals surface area (Å²) in [5.41, 5.74) is 5.92. The van der Waals surface area contributed by atoms with Gasteiger partial charge in [0.05, 0.1) is 12.3 Å². The number of anilines is 2. The fourth-order valence-electron chi connectivity index (χ4n) is 2.54. The summed E-state index contributed by atoms with van der Waals surface area (Å²) in [5.74, 6) is -0.924. The number of halogens is 3. The third kappa shape index (κ3) is 5.17. The molecule has 1 aliphatic heterocycles. The summed E-state index contributed by atoms with van der Waals surface area (Å²) in [6.07, 6.45) is -4.83. The minimum absolute atomic E-state index is 0.0184. The number of rotatable bonds is 5. The molecule has 1 saturated heterocycles. The molecule has 0 atom stereocenters. The number of β-amino-alcohol motifs (C(OH)–C–C–N with tert-alkyl or cyclic N) is 1. The van der Waals surface area contributed by atoms with E-state index in [2.05, 4.69) is 15.0 Å². The Balaban J connectivity index is 2.15. The molecule has 5 N–H and O–H groups in total. The first-order valence-corrected chi connectivity index (χ1v) is 7.37. The number of aliphatic hydroxyl groups is 1. The molecule has 1 heterocycles. The molecular formula is C14H20F3N5O2. The molecule has 24 heavy (non-hydrogen) atoms. The van der Waals surface area contributed by atoms with Crippen LogP contribution in [0.15, 0.2) is 18.2 Å². The summed E-state index contributed by atoms with van der Waals surface area (Å²) in [7, 11) is 0. The molecule has 1 aliphatic rings. The van der Waals surface area contributed by atoms with Crippen molar-refractivity contribution >= 4 is 17.3 Å². The number of aliphatic hydroxyl groups excluding tert-OH is 1. The second-order valence-electron chi connectivity index (χ2n) is 5.32. The maximum atomic E-state index is 12.5. The Morgan fingerprint density at radius 1 is 1.29 bits per heavy atom. The normalized spacial score (nSPS) is 16.1. The molecule has 0 radical (unpaired) electrons. The van der Waals surface area contributed by atoms with Crippen LogP contribution in [0.25, 0.3) is 0 Å². The number of benzene rings is 1. The van der Waals surface area contributed by atoms with Crippen molar-refractivity contribution in [1.29, 1.82) is 5.41 Å². The Kier molecular flexibility index (Phi) is 5.73. The zero-order valence-electron chi connectivity index (χ0n) is 12.9. The van der Waals surface area contributed by atoms with Crippen molar-refractivity contribution in [2.24, 2.45) is 5.73 Å². The van der Waals surface area contributed by atoms with E-state index in [0.717, 1.165) is 13.1 Å². The molecule has 0 amide bonds. The minimum Gasteiger partial charge on any atom is -0.404 e. The lowest BCUT2D eigenvalue weighted by molar-refractivity contribution is -0.274. The average molecular weight is 347 g/mol. The summed E-state index contributed by atoms with van der Waals surface area (Å²) in [5, 5.41) is 18.5. The summed E-state index contributed by atoms with van der Waals surface area (Å²) in [6, 6.07) is 4.21. The van der Waals surface area contributed by atoms with Gasteiger partial charge in [-0.3, -0.25) is 10.3 Å². The van der Waals surface area contributed by atoms with Gasteiger partial charge in [-0.1, -0.05) is 0 Å². The van der Waals surface area contributed by atoms with Crippen LogP contribution in [0, 0.1) is 5.41 Å². The van der Waals surface area contributed by atoms with E-state index in [1.54, 1.807) is 0 Å². The fourth-order valence-corrected chi connectivity index (χ4v) is 2.54. The predicted molar refractivity (Wildman–Crippen MR) is 84.4 cm³/mol. The van der Waals surface area contributed by atoms with Crippen LogP contribution < -0.4 is 20.7 Å². The fraction of sp³-hybridized carbons (Fsp3) is 0.500. The van der Waals surface area contributed by atoms with Crippen molar-refractivity contribution in [2.45, 2.75) is 6.36 Å². The molecule has 134 valence electrons. The molecule has 0 unspecified atom stereocenters.